The Morgan fingerprint density at radius 2 is 1.84 bits per heavy atom. The van der Waals surface area contributed by atoms with Gasteiger partial charge >= 0.3 is 0 Å². The fraction of sp³-hybridized carbons (Fsp3) is 0.375. The van der Waals surface area contributed by atoms with Gasteiger partial charge in [0.15, 0.2) is 0 Å². The summed E-state index contributed by atoms with van der Waals surface area (Å²) in [7, 11) is 1.54. The third kappa shape index (κ3) is 4.85. The zero-order valence-corrected chi connectivity index (χ0v) is 17.8. The number of carbonyl (C=O) groups is 2. The molecule has 1 aliphatic carbocycles. The highest BCUT2D eigenvalue weighted by Gasteiger charge is 2.38. The summed E-state index contributed by atoms with van der Waals surface area (Å²) in [5, 5.41) is 5.75. The van der Waals surface area contributed by atoms with Gasteiger partial charge in [-0.2, -0.15) is 5.10 Å². The van der Waals surface area contributed by atoms with E-state index in [0.717, 1.165) is 12.8 Å². The zero-order chi connectivity index (χ0) is 22.7. The van der Waals surface area contributed by atoms with E-state index < -0.39 is 11.9 Å². The number of rotatable bonds is 8. The molecule has 1 saturated carbocycles. The summed E-state index contributed by atoms with van der Waals surface area (Å²) in [5.74, 6) is -1.30. The molecule has 2 amide bonds. The van der Waals surface area contributed by atoms with Gasteiger partial charge in [0.1, 0.15) is 18.2 Å². The van der Waals surface area contributed by atoms with E-state index in [-0.39, 0.29) is 36.5 Å². The standard InChI is InChI=1S/C24H25F2N3O3/c1-32-13-12-28(24(31)17-6-7-17)15-23(30)29-22(16-8-10-18(25)11-9-16)14-21(27-29)19-4-2-3-5-20(19)26/h2-5,8-11,17,22H,6-7,12-15H2,1H3. The lowest BCUT2D eigenvalue weighted by Crippen LogP contribution is -2.43. The van der Waals surface area contributed by atoms with Gasteiger partial charge in [0, 0.05) is 31.6 Å². The average Bonchev–Trinajstić information content (AvgIpc) is 3.55. The molecule has 0 saturated heterocycles. The van der Waals surface area contributed by atoms with E-state index in [1.807, 2.05) is 0 Å². The van der Waals surface area contributed by atoms with Crippen molar-refractivity contribution >= 4 is 17.5 Å². The van der Waals surface area contributed by atoms with Gasteiger partial charge in [-0.1, -0.05) is 30.3 Å². The van der Waals surface area contributed by atoms with Crippen LogP contribution in [0.15, 0.2) is 53.6 Å². The van der Waals surface area contributed by atoms with Crippen LogP contribution in [0.4, 0.5) is 8.78 Å². The molecule has 1 atom stereocenters. The summed E-state index contributed by atoms with van der Waals surface area (Å²) in [6.45, 7) is 0.470. The first-order valence-electron chi connectivity index (χ1n) is 10.7. The molecule has 0 radical (unpaired) electrons. The van der Waals surface area contributed by atoms with Crippen molar-refractivity contribution in [1.29, 1.82) is 0 Å². The molecule has 8 heteroatoms. The average molecular weight is 441 g/mol. The number of methoxy groups -OCH3 is 1. The molecule has 2 aromatic carbocycles. The first-order valence-corrected chi connectivity index (χ1v) is 10.7. The smallest absolute Gasteiger partial charge is 0.262 e. The van der Waals surface area contributed by atoms with E-state index in [2.05, 4.69) is 5.10 Å². The van der Waals surface area contributed by atoms with Crippen molar-refractivity contribution in [3.8, 4) is 0 Å². The lowest BCUT2D eigenvalue weighted by atomic mass is 9.98. The summed E-state index contributed by atoms with van der Waals surface area (Å²) in [6, 6.07) is 11.6. The van der Waals surface area contributed by atoms with Crippen molar-refractivity contribution in [2.75, 3.05) is 26.8 Å². The number of nitrogens with zero attached hydrogens (tertiary/aromatic N) is 3. The molecule has 0 spiro atoms. The predicted octanol–water partition coefficient (Wildman–Crippen LogP) is 3.53. The molecule has 0 N–H and O–H groups in total. The van der Waals surface area contributed by atoms with Crippen LogP contribution in [0.3, 0.4) is 0 Å². The number of halogens is 2. The SMILES string of the molecule is COCCN(CC(=O)N1N=C(c2ccccc2F)CC1c1ccc(F)cc1)C(=O)C1CC1. The quantitative estimate of drug-likeness (QED) is 0.630. The molecule has 168 valence electrons. The predicted molar refractivity (Wildman–Crippen MR) is 115 cm³/mol. The topological polar surface area (TPSA) is 62.2 Å². The second kappa shape index (κ2) is 9.56. The maximum atomic E-state index is 14.4. The Bertz CT molecular complexity index is 1020. The molecule has 0 aromatic heterocycles. The molecule has 1 fully saturated rings. The minimum atomic E-state index is -0.516. The van der Waals surface area contributed by atoms with Gasteiger partial charge in [0.2, 0.25) is 5.91 Å². The number of amides is 2. The molecule has 4 rings (SSSR count). The molecular weight excluding hydrogens is 416 g/mol. The third-order valence-electron chi connectivity index (χ3n) is 5.74. The summed E-state index contributed by atoms with van der Waals surface area (Å²) in [6.07, 6.45) is 1.94. The maximum absolute atomic E-state index is 14.4. The van der Waals surface area contributed by atoms with Gasteiger partial charge in [0.25, 0.3) is 5.91 Å². The molecule has 0 bridgehead atoms. The summed E-state index contributed by atoms with van der Waals surface area (Å²) < 4.78 is 33.0. The van der Waals surface area contributed by atoms with Crippen molar-refractivity contribution < 1.29 is 23.1 Å². The summed E-state index contributed by atoms with van der Waals surface area (Å²) in [4.78, 5) is 27.5. The normalized spacial score (nSPS) is 17.9. The Morgan fingerprint density at radius 1 is 1.12 bits per heavy atom. The Hall–Kier alpha value is -3.13. The maximum Gasteiger partial charge on any atom is 0.262 e. The fourth-order valence-corrected chi connectivity index (χ4v) is 3.84. The molecule has 1 heterocycles. The van der Waals surface area contributed by atoms with Crippen LogP contribution >= 0.6 is 0 Å². The number of carbonyl (C=O) groups excluding carboxylic acids is 2. The van der Waals surface area contributed by atoms with Crippen LogP contribution in [0.25, 0.3) is 0 Å². The Balaban J connectivity index is 1.61. The van der Waals surface area contributed by atoms with E-state index in [0.29, 0.717) is 30.0 Å². The van der Waals surface area contributed by atoms with Gasteiger partial charge in [-0.3, -0.25) is 9.59 Å². The minimum Gasteiger partial charge on any atom is -0.383 e. The van der Waals surface area contributed by atoms with Crippen molar-refractivity contribution in [2.24, 2.45) is 11.0 Å². The first-order chi connectivity index (χ1) is 15.5. The van der Waals surface area contributed by atoms with Gasteiger partial charge in [0.05, 0.1) is 18.4 Å². The number of hydrogen-bond donors (Lipinski definition) is 0. The van der Waals surface area contributed by atoms with Crippen LogP contribution in [-0.2, 0) is 14.3 Å². The van der Waals surface area contributed by atoms with Crippen LogP contribution < -0.4 is 0 Å². The van der Waals surface area contributed by atoms with Crippen LogP contribution in [0.1, 0.15) is 36.4 Å². The van der Waals surface area contributed by atoms with Gasteiger partial charge in [-0.15, -0.1) is 0 Å². The van der Waals surface area contributed by atoms with E-state index in [9.17, 15) is 18.4 Å². The number of benzene rings is 2. The largest absolute Gasteiger partial charge is 0.383 e. The lowest BCUT2D eigenvalue weighted by molar-refractivity contribution is -0.142. The number of ether oxygens (including phenoxy) is 1. The second-order valence-electron chi connectivity index (χ2n) is 8.06. The van der Waals surface area contributed by atoms with E-state index in [1.54, 1.807) is 30.3 Å². The monoisotopic (exact) mass is 441 g/mol. The Labute approximate surface area is 185 Å². The summed E-state index contributed by atoms with van der Waals surface area (Å²) >= 11 is 0. The zero-order valence-electron chi connectivity index (χ0n) is 17.8. The van der Waals surface area contributed by atoms with Gasteiger partial charge in [-0.25, -0.2) is 13.8 Å². The van der Waals surface area contributed by atoms with Crippen molar-refractivity contribution in [3.63, 3.8) is 0 Å². The molecule has 32 heavy (non-hydrogen) atoms. The van der Waals surface area contributed by atoms with E-state index in [4.69, 9.17) is 4.74 Å². The van der Waals surface area contributed by atoms with Crippen LogP contribution in [0.2, 0.25) is 0 Å². The van der Waals surface area contributed by atoms with Crippen LogP contribution in [-0.4, -0.2) is 54.2 Å². The van der Waals surface area contributed by atoms with Gasteiger partial charge < -0.3 is 9.64 Å². The molecule has 2 aromatic rings. The van der Waals surface area contributed by atoms with E-state index >= 15 is 0 Å². The first kappa shape index (κ1) is 22.1. The minimum absolute atomic E-state index is 0.0383. The highest BCUT2D eigenvalue weighted by Crippen LogP contribution is 2.34. The van der Waals surface area contributed by atoms with Gasteiger partial charge in [-0.05, 0) is 36.6 Å². The lowest BCUT2D eigenvalue weighted by Gasteiger charge is -2.27. The molecular formula is C24H25F2N3O3. The second-order valence-corrected chi connectivity index (χ2v) is 8.06. The van der Waals surface area contributed by atoms with Crippen molar-refractivity contribution in [1.82, 2.24) is 9.91 Å². The van der Waals surface area contributed by atoms with Crippen molar-refractivity contribution in [3.05, 3.63) is 71.3 Å². The van der Waals surface area contributed by atoms with Crippen LogP contribution in [0.5, 0.6) is 0 Å². The third-order valence-corrected chi connectivity index (χ3v) is 5.74. The Kier molecular flexibility index (Phi) is 6.60. The molecule has 6 nitrogen and oxygen atoms in total. The molecule has 2 aliphatic rings. The van der Waals surface area contributed by atoms with Crippen LogP contribution in [0, 0.1) is 17.6 Å². The Morgan fingerprint density at radius 3 is 2.50 bits per heavy atom. The highest BCUT2D eigenvalue weighted by molar-refractivity contribution is 6.03. The highest BCUT2D eigenvalue weighted by atomic mass is 19.1. The van der Waals surface area contributed by atoms with Crippen molar-refractivity contribution in [2.45, 2.75) is 25.3 Å². The number of hydrazone groups is 1. The number of hydrogen-bond acceptors (Lipinski definition) is 4. The fourth-order valence-electron chi connectivity index (χ4n) is 3.84. The molecule has 1 unspecified atom stereocenters. The summed E-state index contributed by atoms with van der Waals surface area (Å²) in [5.41, 5.74) is 1.44. The van der Waals surface area contributed by atoms with E-state index in [1.165, 1.54) is 35.2 Å². The molecule has 1 aliphatic heterocycles.